The molecule has 37 heavy (non-hydrogen) atoms. The minimum atomic E-state index is -4.52. The number of fused-ring (bicyclic) bond motifs is 1. The Balaban J connectivity index is 1.63. The van der Waals surface area contributed by atoms with Gasteiger partial charge >= 0.3 is 11.9 Å². The highest BCUT2D eigenvalue weighted by Crippen LogP contribution is 2.35. The molecule has 1 aliphatic rings. The van der Waals surface area contributed by atoms with Crippen LogP contribution in [0.15, 0.2) is 65.5 Å². The van der Waals surface area contributed by atoms with Crippen molar-refractivity contribution in [1.82, 2.24) is 9.13 Å². The summed E-state index contributed by atoms with van der Waals surface area (Å²) < 4.78 is 50.0. The number of aromatic nitrogens is 2. The number of hydrogen-bond donors (Lipinski definition) is 0. The lowest BCUT2D eigenvalue weighted by Gasteiger charge is -2.36. The van der Waals surface area contributed by atoms with Gasteiger partial charge in [-0.25, -0.2) is 4.79 Å². The Morgan fingerprint density at radius 1 is 0.973 bits per heavy atom. The van der Waals surface area contributed by atoms with Crippen LogP contribution in [0.2, 0.25) is 0 Å². The van der Waals surface area contributed by atoms with Crippen LogP contribution in [0.3, 0.4) is 0 Å². The predicted molar refractivity (Wildman–Crippen MR) is 140 cm³/mol. The number of hydrogen-bond acceptors (Lipinski definition) is 3. The second kappa shape index (κ2) is 9.65. The summed E-state index contributed by atoms with van der Waals surface area (Å²) in [5.41, 5.74) is 3.70. The van der Waals surface area contributed by atoms with Gasteiger partial charge in [0.1, 0.15) is 11.3 Å². The molecule has 0 bridgehead atoms. The van der Waals surface area contributed by atoms with Gasteiger partial charge in [-0.2, -0.15) is 13.2 Å². The number of ether oxygens (including phenoxy) is 1. The summed E-state index contributed by atoms with van der Waals surface area (Å²) in [6.07, 6.45) is -2.81. The molecule has 1 aliphatic heterocycles. The zero-order chi connectivity index (χ0) is 26.3. The van der Waals surface area contributed by atoms with E-state index in [0.717, 1.165) is 25.5 Å². The SMILES string of the molecule is COc1cccc2c1n(Cc1ccccc1C(F)(F)F)c(=O)n2C1CCCN(c2c(C)cccc2C)C1. The Labute approximate surface area is 213 Å². The Bertz CT molecular complexity index is 1480. The summed E-state index contributed by atoms with van der Waals surface area (Å²) >= 11 is 0. The zero-order valence-corrected chi connectivity index (χ0v) is 21.2. The monoisotopic (exact) mass is 509 g/mol. The van der Waals surface area contributed by atoms with Gasteiger partial charge in [0.15, 0.2) is 0 Å². The molecule has 0 radical (unpaired) electrons. The Hall–Kier alpha value is -3.68. The maximum Gasteiger partial charge on any atom is 0.416 e. The van der Waals surface area contributed by atoms with E-state index < -0.39 is 11.7 Å². The topological polar surface area (TPSA) is 39.4 Å². The molecule has 1 aromatic heterocycles. The number of halogens is 3. The third-order valence-electron chi connectivity index (χ3n) is 7.33. The van der Waals surface area contributed by atoms with E-state index in [4.69, 9.17) is 4.74 Å². The molecule has 2 heterocycles. The molecule has 0 amide bonds. The third kappa shape index (κ3) is 4.49. The van der Waals surface area contributed by atoms with Gasteiger partial charge in [-0.3, -0.25) is 9.13 Å². The first-order valence-corrected chi connectivity index (χ1v) is 12.4. The molecule has 194 valence electrons. The van der Waals surface area contributed by atoms with E-state index in [1.165, 1.54) is 40.6 Å². The van der Waals surface area contributed by atoms with Crippen molar-refractivity contribution in [2.24, 2.45) is 0 Å². The summed E-state index contributed by atoms with van der Waals surface area (Å²) in [6, 6.07) is 16.9. The molecular formula is C29H30F3N3O2. The summed E-state index contributed by atoms with van der Waals surface area (Å²) in [6.45, 7) is 5.50. The first-order chi connectivity index (χ1) is 17.7. The van der Waals surface area contributed by atoms with E-state index in [9.17, 15) is 18.0 Å². The van der Waals surface area contributed by atoms with Crippen LogP contribution in [0.1, 0.15) is 41.1 Å². The van der Waals surface area contributed by atoms with Gasteiger partial charge in [0, 0.05) is 18.8 Å². The molecule has 0 saturated carbocycles. The maximum atomic E-state index is 14.0. The second-order valence-corrected chi connectivity index (χ2v) is 9.70. The zero-order valence-electron chi connectivity index (χ0n) is 21.2. The van der Waals surface area contributed by atoms with Gasteiger partial charge in [0.25, 0.3) is 0 Å². The number of aryl methyl sites for hydroxylation is 2. The van der Waals surface area contributed by atoms with Gasteiger partial charge in [-0.15, -0.1) is 0 Å². The average Bonchev–Trinajstić information content (AvgIpc) is 3.15. The second-order valence-electron chi connectivity index (χ2n) is 9.70. The predicted octanol–water partition coefficient (Wildman–Crippen LogP) is 6.34. The minimum absolute atomic E-state index is 0.0443. The summed E-state index contributed by atoms with van der Waals surface area (Å²) in [7, 11) is 1.51. The molecule has 0 aliphatic carbocycles. The molecule has 5 nitrogen and oxygen atoms in total. The van der Waals surface area contributed by atoms with Crippen molar-refractivity contribution >= 4 is 16.7 Å². The van der Waals surface area contributed by atoms with Gasteiger partial charge < -0.3 is 9.64 Å². The molecule has 1 fully saturated rings. The van der Waals surface area contributed by atoms with Crippen LogP contribution < -0.4 is 15.3 Å². The molecule has 0 N–H and O–H groups in total. The van der Waals surface area contributed by atoms with Crippen molar-refractivity contribution in [3.8, 4) is 5.75 Å². The molecule has 5 rings (SSSR count). The number of para-hydroxylation sites is 2. The molecule has 1 unspecified atom stereocenters. The van der Waals surface area contributed by atoms with E-state index in [0.29, 0.717) is 23.3 Å². The number of benzene rings is 3. The van der Waals surface area contributed by atoms with Crippen LogP contribution in [-0.4, -0.2) is 29.3 Å². The number of nitrogens with zero attached hydrogens (tertiary/aromatic N) is 3. The van der Waals surface area contributed by atoms with E-state index in [-0.39, 0.29) is 23.8 Å². The largest absolute Gasteiger partial charge is 0.494 e. The lowest BCUT2D eigenvalue weighted by molar-refractivity contribution is -0.138. The molecule has 1 atom stereocenters. The van der Waals surface area contributed by atoms with Crippen molar-refractivity contribution in [3.63, 3.8) is 0 Å². The fraction of sp³-hybridized carbons (Fsp3) is 0.345. The van der Waals surface area contributed by atoms with Gasteiger partial charge in [0.2, 0.25) is 0 Å². The van der Waals surface area contributed by atoms with Crippen LogP contribution in [-0.2, 0) is 12.7 Å². The standard InChI is InChI=1S/C29H30F3N3O2/c1-19-9-6-10-20(2)26(19)33-16-8-12-22(18-33)35-24-14-7-15-25(37-3)27(24)34(28(35)36)17-21-11-4-5-13-23(21)29(30,31)32/h4-7,9-11,13-15,22H,8,12,16-18H2,1-3H3. The summed E-state index contributed by atoms with van der Waals surface area (Å²) in [4.78, 5) is 16.3. The van der Waals surface area contributed by atoms with Crippen LogP contribution in [0.4, 0.5) is 18.9 Å². The van der Waals surface area contributed by atoms with Gasteiger partial charge in [0.05, 0.1) is 30.8 Å². The highest BCUT2D eigenvalue weighted by Gasteiger charge is 2.34. The van der Waals surface area contributed by atoms with E-state index in [1.807, 2.05) is 18.2 Å². The normalized spacial score (nSPS) is 16.4. The van der Waals surface area contributed by atoms with Crippen molar-refractivity contribution in [3.05, 3.63) is 93.4 Å². The highest BCUT2D eigenvalue weighted by atomic mass is 19.4. The number of imidazole rings is 1. The van der Waals surface area contributed by atoms with Crippen molar-refractivity contribution in [2.45, 2.75) is 45.5 Å². The van der Waals surface area contributed by atoms with Crippen LogP contribution in [0.5, 0.6) is 5.75 Å². The fourth-order valence-electron chi connectivity index (χ4n) is 5.75. The number of methoxy groups -OCH3 is 1. The fourth-order valence-corrected chi connectivity index (χ4v) is 5.75. The Morgan fingerprint density at radius 3 is 2.38 bits per heavy atom. The number of piperidine rings is 1. The van der Waals surface area contributed by atoms with Gasteiger partial charge in [-0.05, 0) is 61.6 Å². The van der Waals surface area contributed by atoms with Crippen molar-refractivity contribution in [2.75, 3.05) is 25.1 Å². The smallest absolute Gasteiger partial charge is 0.416 e. The molecule has 4 aromatic rings. The average molecular weight is 510 g/mol. The molecule has 1 saturated heterocycles. The number of anilines is 1. The highest BCUT2D eigenvalue weighted by molar-refractivity contribution is 5.83. The number of rotatable bonds is 5. The van der Waals surface area contributed by atoms with Crippen LogP contribution >= 0.6 is 0 Å². The van der Waals surface area contributed by atoms with Crippen LogP contribution in [0.25, 0.3) is 11.0 Å². The molecule has 3 aromatic carbocycles. The first kappa shape index (κ1) is 25.0. The van der Waals surface area contributed by atoms with Crippen molar-refractivity contribution in [1.29, 1.82) is 0 Å². The molecule has 0 spiro atoms. The third-order valence-corrected chi connectivity index (χ3v) is 7.33. The quantitative estimate of drug-likeness (QED) is 0.315. The molecular weight excluding hydrogens is 479 g/mol. The maximum absolute atomic E-state index is 14.0. The Morgan fingerprint density at radius 2 is 1.68 bits per heavy atom. The van der Waals surface area contributed by atoms with Gasteiger partial charge in [-0.1, -0.05) is 42.5 Å². The Kier molecular flexibility index (Phi) is 6.52. The minimum Gasteiger partial charge on any atom is -0.494 e. The summed E-state index contributed by atoms with van der Waals surface area (Å²) in [5.74, 6) is 0.459. The lowest BCUT2D eigenvalue weighted by Crippen LogP contribution is -2.40. The summed E-state index contributed by atoms with van der Waals surface area (Å²) in [5, 5.41) is 0. The van der Waals surface area contributed by atoms with Crippen LogP contribution in [0, 0.1) is 13.8 Å². The lowest BCUT2D eigenvalue weighted by atomic mass is 10.0. The molecule has 8 heteroatoms. The van der Waals surface area contributed by atoms with Crippen molar-refractivity contribution < 1.29 is 17.9 Å². The first-order valence-electron chi connectivity index (χ1n) is 12.4. The van der Waals surface area contributed by atoms with E-state index in [2.05, 4.69) is 30.9 Å². The number of alkyl halides is 3. The van der Waals surface area contributed by atoms with E-state index >= 15 is 0 Å². The van der Waals surface area contributed by atoms with E-state index in [1.54, 1.807) is 16.7 Å².